The van der Waals surface area contributed by atoms with Crippen molar-refractivity contribution in [2.75, 3.05) is 6.54 Å². The smallest absolute Gasteiger partial charge is 0.212 e. The van der Waals surface area contributed by atoms with Crippen molar-refractivity contribution >= 4 is 24.5 Å². The van der Waals surface area contributed by atoms with Gasteiger partial charge in [-0.05, 0) is 12.8 Å². The van der Waals surface area contributed by atoms with E-state index in [0.717, 1.165) is 6.42 Å². The molecule has 5 heteroatoms. The normalized spacial score (nSPS) is 28.8. The van der Waals surface area contributed by atoms with Crippen molar-refractivity contribution in [1.82, 2.24) is 5.32 Å². The van der Waals surface area contributed by atoms with Gasteiger partial charge in [-0.25, -0.2) is 0 Å². The van der Waals surface area contributed by atoms with E-state index >= 15 is 0 Å². The van der Waals surface area contributed by atoms with Gasteiger partial charge in [0.15, 0.2) is 6.29 Å². The zero-order chi connectivity index (χ0) is 8.27. The van der Waals surface area contributed by atoms with Gasteiger partial charge in [0.1, 0.15) is 0 Å². The van der Waals surface area contributed by atoms with Crippen molar-refractivity contribution in [2.24, 2.45) is 5.73 Å². The molecule has 0 aliphatic carbocycles. The minimum Gasteiger partial charge on any atom is -0.327 e. The molecule has 1 heterocycles. The summed E-state index contributed by atoms with van der Waals surface area (Å²) in [6, 6.07) is -0.155. The molecule has 0 amide bonds. The number of carbonyl (C=O) groups excluding carboxylic acids is 2. The number of nitrogens with two attached hydrogens (primary N) is 1. The maximum atomic E-state index is 10.8. The quantitative estimate of drug-likeness (QED) is 0.447. The Morgan fingerprint density at radius 3 is 2.58 bits per heavy atom. The molecule has 12 heavy (non-hydrogen) atoms. The summed E-state index contributed by atoms with van der Waals surface area (Å²) in [5, 5.41) is 2.91. The van der Waals surface area contributed by atoms with Crippen LogP contribution in [0.1, 0.15) is 12.8 Å². The van der Waals surface area contributed by atoms with Crippen molar-refractivity contribution in [2.45, 2.75) is 24.9 Å². The monoisotopic (exact) mass is 192 g/mol. The lowest BCUT2D eigenvalue weighted by atomic mass is 9.99. The number of ketones is 1. The highest BCUT2D eigenvalue weighted by Crippen LogP contribution is 2.06. The first-order valence-corrected chi connectivity index (χ1v) is 3.72. The van der Waals surface area contributed by atoms with Crippen LogP contribution in [0.4, 0.5) is 0 Å². The fraction of sp³-hybridized carbons (Fsp3) is 0.714. The Balaban J connectivity index is 0.00000121. The number of nitrogens with one attached hydrogen (secondary N) is 1. The molecular weight excluding hydrogens is 180 g/mol. The lowest BCUT2D eigenvalue weighted by molar-refractivity contribution is -0.131. The number of hydrogen-bond acceptors (Lipinski definition) is 4. The van der Waals surface area contributed by atoms with Crippen LogP contribution in [0, 0.1) is 0 Å². The Morgan fingerprint density at radius 2 is 2.17 bits per heavy atom. The molecule has 0 aromatic rings. The van der Waals surface area contributed by atoms with E-state index in [9.17, 15) is 9.59 Å². The Bertz CT molecular complexity index is 167. The summed E-state index contributed by atoms with van der Waals surface area (Å²) in [4.78, 5) is 20.9. The first kappa shape index (κ1) is 11.6. The predicted molar refractivity (Wildman–Crippen MR) is 47.3 cm³/mol. The van der Waals surface area contributed by atoms with Gasteiger partial charge in [-0.15, -0.1) is 12.4 Å². The van der Waals surface area contributed by atoms with Gasteiger partial charge in [-0.1, -0.05) is 0 Å². The van der Waals surface area contributed by atoms with Gasteiger partial charge < -0.3 is 11.1 Å². The molecule has 70 valence electrons. The van der Waals surface area contributed by atoms with Crippen LogP contribution in [0.15, 0.2) is 0 Å². The first-order valence-electron chi connectivity index (χ1n) is 3.72. The molecule has 4 nitrogen and oxygen atoms in total. The summed E-state index contributed by atoms with van der Waals surface area (Å²) in [5.41, 5.74) is 5.58. The summed E-state index contributed by atoms with van der Waals surface area (Å²) in [6.45, 7) is 0.629. The molecule has 0 saturated carbocycles. The van der Waals surface area contributed by atoms with E-state index in [1.54, 1.807) is 0 Å². The van der Waals surface area contributed by atoms with Gasteiger partial charge in [0.2, 0.25) is 5.78 Å². The van der Waals surface area contributed by atoms with Gasteiger partial charge in [-0.2, -0.15) is 0 Å². The van der Waals surface area contributed by atoms with Crippen molar-refractivity contribution in [3.63, 3.8) is 0 Å². The van der Waals surface area contributed by atoms with E-state index in [2.05, 4.69) is 5.32 Å². The third-order valence-corrected chi connectivity index (χ3v) is 1.91. The van der Waals surface area contributed by atoms with E-state index in [1.807, 2.05) is 0 Å². The highest BCUT2D eigenvalue weighted by Gasteiger charge is 2.22. The highest BCUT2D eigenvalue weighted by atomic mass is 35.5. The van der Waals surface area contributed by atoms with Crippen LogP contribution in [0.3, 0.4) is 0 Å². The largest absolute Gasteiger partial charge is 0.327 e. The second-order valence-corrected chi connectivity index (χ2v) is 2.82. The Kier molecular flexibility index (Phi) is 5.04. The maximum Gasteiger partial charge on any atom is 0.212 e. The lowest BCUT2D eigenvalue weighted by Crippen LogP contribution is -2.49. The molecule has 3 N–H and O–H groups in total. The third kappa shape index (κ3) is 2.89. The van der Waals surface area contributed by atoms with Crippen molar-refractivity contribution in [3.05, 3.63) is 0 Å². The van der Waals surface area contributed by atoms with Gasteiger partial charge >= 0.3 is 0 Å². The molecule has 1 rings (SSSR count). The van der Waals surface area contributed by atoms with E-state index in [1.165, 1.54) is 0 Å². The van der Waals surface area contributed by atoms with Crippen LogP contribution in [0.25, 0.3) is 0 Å². The summed E-state index contributed by atoms with van der Waals surface area (Å²) < 4.78 is 0. The number of Topliss-reactive ketones (excluding diaryl/α,β-unsaturated/α-hetero) is 1. The molecule has 2 atom stereocenters. The minimum absolute atomic E-state index is 0. The predicted octanol–water partition coefficient (Wildman–Crippen LogP) is -0.745. The van der Waals surface area contributed by atoms with Gasteiger partial charge in [0.25, 0.3) is 0 Å². The second-order valence-electron chi connectivity index (χ2n) is 2.82. The fourth-order valence-corrected chi connectivity index (χ4v) is 1.20. The van der Waals surface area contributed by atoms with E-state index in [0.29, 0.717) is 19.3 Å². The van der Waals surface area contributed by atoms with Crippen LogP contribution in [0.5, 0.6) is 0 Å². The standard InChI is InChI=1S/C7H12N2O2.ClH/c8-5-1-2-6(9-3-5)7(11)4-10;/h4-6,9H,1-3,8H2;1H. The SMILES string of the molecule is Cl.NC1CCC(C(=O)C=O)NC1. The molecule has 0 bridgehead atoms. The first-order chi connectivity index (χ1) is 5.24. The molecule has 0 spiro atoms. The van der Waals surface area contributed by atoms with Crippen LogP contribution in [-0.2, 0) is 9.59 Å². The summed E-state index contributed by atoms with van der Waals surface area (Å²) in [6.07, 6.45) is 1.87. The van der Waals surface area contributed by atoms with E-state index < -0.39 is 0 Å². The van der Waals surface area contributed by atoms with Crippen LogP contribution < -0.4 is 11.1 Å². The zero-order valence-corrected chi connectivity index (χ0v) is 7.47. The summed E-state index contributed by atoms with van der Waals surface area (Å²) >= 11 is 0. The molecule has 0 radical (unpaired) electrons. The van der Waals surface area contributed by atoms with E-state index in [-0.39, 0.29) is 30.3 Å². The topological polar surface area (TPSA) is 72.2 Å². The van der Waals surface area contributed by atoms with Gasteiger partial charge in [-0.3, -0.25) is 9.59 Å². The molecule has 0 aromatic carbocycles. The Labute approximate surface area is 77.3 Å². The van der Waals surface area contributed by atoms with E-state index in [4.69, 9.17) is 5.73 Å². The van der Waals surface area contributed by atoms with Crippen LogP contribution in [-0.4, -0.2) is 30.7 Å². The molecule has 0 aromatic heterocycles. The lowest BCUT2D eigenvalue weighted by Gasteiger charge is -2.24. The van der Waals surface area contributed by atoms with Crippen molar-refractivity contribution in [1.29, 1.82) is 0 Å². The highest BCUT2D eigenvalue weighted by molar-refractivity contribution is 6.27. The number of halogens is 1. The number of hydrogen-bond donors (Lipinski definition) is 2. The number of carbonyl (C=O) groups is 2. The fourth-order valence-electron chi connectivity index (χ4n) is 1.20. The molecule has 1 fully saturated rings. The second kappa shape index (κ2) is 5.24. The average Bonchev–Trinajstić information content (AvgIpc) is 2.05. The van der Waals surface area contributed by atoms with Crippen molar-refractivity contribution < 1.29 is 9.59 Å². The Morgan fingerprint density at radius 1 is 1.50 bits per heavy atom. The number of piperidine rings is 1. The van der Waals surface area contributed by atoms with Gasteiger partial charge in [0, 0.05) is 12.6 Å². The third-order valence-electron chi connectivity index (χ3n) is 1.91. The summed E-state index contributed by atoms with van der Waals surface area (Å²) in [5.74, 6) is -0.364. The minimum atomic E-state index is -0.364. The van der Waals surface area contributed by atoms with Gasteiger partial charge in [0.05, 0.1) is 6.04 Å². The zero-order valence-electron chi connectivity index (χ0n) is 6.66. The number of rotatable bonds is 2. The Hall–Kier alpha value is -0.450. The molecular formula is C7H13ClN2O2. The number of aldehydes is 1. The molecule has 1 aliphatic heterocycles. The maximum absolute atomic E-state index is 10.8. The average molecular weight is 193 g/mol. The van der Waals surface area contributed by atoms with Crippen molar-refractivity contribution in [3.8, 4) is 0 Å². The molecule has 2 unspecified atom stereocenters. The summed E-state index contributed by atoms with van der Waals surface area (Å²) in [7, 11) is 0. The molecule has 1 aliphatic rings. The van der Waals surface area contributed by atoms with Crippen LogP contribution in [0.2, 0.25) is 0 Å². The van der Waals surface area contributed by atoms with Crippen LogP contribution >= 0.6 is 12.4 Å². The molecule has 1 saturated heterocycles.